The highest BCUT2D eigenvalue weighted by atomic mass is 32.1. The number of likely N-dealkylation sites (tertiary alicyclic amines) is 1. The lowest BCUT2D eigenvalue weighted by molar-refractivity contribution is -0.0429. The van der Waals surface area contributed by atoms with Crippen LogP contribution in [-0.2, 0) is 15.6 Å². The van der Waals surface area contributed by atoms with E-state index in [1.807, 2.05) is 41.7 Å². The van der Waals surface area contributed by atoms with E-state index in [1.54, 1.807) is 7.11 Å². The van der Waals surface area contributed by atoms with Crippen molar-refractivity contribution in [1.29, 1.82) is 0 Å². The lowest BCUT2D eigenvalue weighted by Gasteiger charge is -2.40. The lowest BCUT2D eigenvalue weighted by atomic mass is 9.93. The average molecular weight is 410 g/mol. The zero-order valence-corrected chi connectivity index (χ0v) is 18.2. The van der Waals surface area contributed by atoms with Crippen molar-refractivity contribution < 1.29 is 9.20 Å². The normalized spacial score (nSPS) is 17.0. The van der Waals surface area contributed by atoms with Crippen molar-refractivity contribution in [2.75, 3.05) is 26.7 Å². The molecule has 2 aromatic carbocycles. The molecular weight excluding hydrogens is 382 g/mol. The minimum absolute atomic E-state index is 0.239. The zero-order valence-electron chi connectivity index (χ0n) is 16.4. The number of fused-ring (bicyclic) bond motifs is 1. The molecule has 0 unspecified atom stereocenters. The molecule has 1 aromatic heterocycles. The summed E-state index contributed by atoms with van der Waals surface area (Å²) in [5.41, 5.74) is 1.22. The molecule has 0 spiro atoms. The summed E-state index contributed by atoms with van der Waals surface area (Å²) in [6.07, 6.45) is 3.00. The van der Waals surface area contributed by atoms with E-state index in [9.17, 15) is 4.46 Å². The standard InChI is InChI=1S/C23H27NO2SSi/c1-26-23(18-28(25)20-7-3-2-4-8-20)12-15-24(16-13-23)14-11-19-17-27-22-10-6-5-9-21(19)22/h2-10,17H,11-16,18H2,1H3. The number of hydrogen-bond donors (Lipinski definition) is 0. The van der Waals surface area contributed by atoms with Crippen LogP contribution in [0.3, 0.4) is 0 Å². The fourth-order valence-corrected chi connectivity index (χ4v) is 7.01. The molecule has 0 radical (unpaired) electrons. The molecule has 5 heteroatoms. The van der Waals surface area contributed by atoms with Gasteiger partial charge in [0.15, 0.2) is 0 Å². The maximum atomic E-state index is 12.9. The molecule has 146 valence electrons. The van der Waals surface area contributed by atoms with E-state index < -0.39 is 8.68 Å². The van der Waals surface area contributed by atoms with Crippen LogP contribution in [-0.4, -0.2) is 45.9 Å². The van der Waals surface area contributed by atoms with E-state index in [-0.39, 0.29) is 5.60 Å². The van der Waals surface area contributed by atoms with Gasteiger partial charge in [-0.05, 0) is 46.8 Å². The summed E-state index contributed by atoms with van der Waals surface area (Å²) in [5.74, 6) is 0. The Kier molecular flexibility index (Phi) is 6.16. The first kappa shape index (κ1) is 19.6. The van der Waals surface area contributed by atoms with Gasteiger partial charge in [0.1, 0.15) is 0 Å². The van der Waals surface area contributed by atoms with E-state index in [1.165, 1.54) is 15.6 Å². The van der Waals surface area contributed by atoms with Crippen LogP contribution in [0, 0.1) is 0 Å². The van der Waals surface area contributed by atoms with Crippen LogP contribution < -0.4 is 5.19 Å². The second kappa shape index (κ2) is 8.78. The summed E-state index contributed by atoms with van der Waals surface area (Å²) in [6.45, 7) is 3.11. The molecule has 1 saturated heterocycles. The van der Waals surface area contributed by atoms with Crippen LogP contribution in [0.25, 0.3) is 10.1 Å². The molecule has 2 heterocycles. The van der Waals surface area contributed by atoms with Gasteiger partial charge in [-0.3, -0.25) is 0 Å². The van der Waals surface area contributed by atoms with Crippen molar-refractivity contribution in [2.24, 2.45) is 0 Å². The first-order chi connectivity index (χ1) is 13.7. The fourth-order valence-electron chi connectivity index (χ4n) is 4.16. The van der Waals surface area contributed by atoms with Gasteiger partial charge in [-0.2, -0.15) is 0 Å². The minimum atomic E-state index is -1.82. The number of thiophene rings is 1. The van der Waals surface area contributed by atoms with Gasteiger partial charge in [-0.25, -0.2) is 0 Å². The number of piperidine rings is 1. The average Bonchev–Trinajstić information content (AvgIpc) is 3.17. The Morgan fingerprint density at radius 3 is 2.54 bits per heavy atom. The van der Waals surface area contributed by atoms with Crippen LogP contribution in [0.15, 0.2) is 60.0 Å². The molecule has 0 saturated carbocycles. The third-order valence-electron chi connectivity index (χ3n) is 6.04. The van der Waals surface area contributed by atoms with Crippen molar-refractivity contribution in [2.45, 2.75) is 30.9 Å². The largest absolute Gasteiger partial charge is 0.382 e. The summed E-state index contributed by atoms with van der Waals surface area (Å²) in [5, 5.41) is 4.67. The molecule has 0 aliphatic carbocycles. The molecule has 28 heavy (non-hydrogen) atoms. The van der Waals surface area contributed by atoms with Gasteiger partial charge in [0.25, 0.3) is 0 Å². The first-order valence-corrected chi connectivity index (χ1v) is 12.5. The van der Waals surface area contributed by atoms with E-state index in [0.29, 0.717) is 6.04 Å². The number of methoxy groups -OCH3 is 1. The van der Waals surface area contributed by atoms with E-state index >= 15 is 0 Å². The molecule has 3 nitrogen and oxygen atoms in total. The van der Waals surface area contributed by atoms with Crippen LogP contribution in [0.2, 0.25) is 6.04 Å². The topological polar surface area (TPSA) is 29.5 Å². The van der Waals surface area contributed by atoms with Gasteiger partial charge >= 0.3 is 8.68 Å². The van der Waals surface area contributed by atoms with Crippen LogP contribution in [0.5, 0.6) is 0 Å². The Morgan fingerprint density at radius 1 is 1.07 bits per heavy atom. The smallest absolute Gasteiger partial charge is 0.314 e. The van der Waals surface area contributed by atoms with Crippen molar-refractivity contribution in [3.8, 4) is 0 Å². The van der Waals surface area contributed by atoms with Crippen LogP contribution in [0.1, 0.15) is 18.4 Å². The Balaban J connectivity index is 1.33. The quantitative estimate of drug-likeness (QED) is 0.546. The number of benzene rings is 2. The zero-order chi connectivity index (χ0) is 19.4. The SMILES string of the molecule is COC1(C[Si](=O)c2ccccc2)CCN(CCc2csc3ccccc23)CC1. The Labute approximate surface area is 172 Å². The lowest BCUT2D eigenvalue weighted by Crippen LogP contribution is -2.48. The van der Waals surface area contributed by atoms with Crippen molar-refractivity contribution in [3.05, 3.63) is 65.5 Å². The van der Waals surface area contributed by atoms with Gasteiger partial charge in [0.05, 0.1) is 5.60 Å². The number of rotatable bonds is 7. The summed E-state index contributed by atoms with van der Waals surface area (Å²) >= 11 is 1.84. The van der Waals surface area contributed by atoms with E-state index in [2.05, 4.69) is 34.5 Å². The van der Waals surface area contributed by atoms with Gasteiger partial charge in [0.2, 0.25) is 0 Å². The summed E-state index contributed by atoms with van der Waals surface area (Å²) < 4.78 is 20.2. The Hall–Kier alpha value is -1.66. The molecule has 0 bridgehead atoms. The van der Waals surface area contributed by atoms with Gasteiger partial charge < -0.3 is 14.1 Å². The highest BCUT2D eigenvalue weighted by Gasteiger charge is 2.37. The van der Waals surface area contributed by atoms with Crippen molar-refractivity contribution in [3.63, 3.8) is 0 Å². The molecule has 4 rings (SSSR count). The maximum Gasteiger partial charge on any atom is 0.314 e. The van der Waals surface area contributed by atoms with Crippen LogP contribution in [0.4, 0.5) is 0 Å². The van der Waals surface area contributed by atoms with Gasteiger partial charge in [0, 0.05) is 37.5 Å². The third-order valence-corrected chi connectivity index (χ3v) is 8.99. The van der Waals surface area contributed by atoms with Crippen molar-refractivity contribution in [1.82, 2.24) is 4.90 Å². The molecule has 0 N–H and O–H groups in total. The summed E-state index contributed by atoms with van der Waals surface area (Å²) in [6, 6.07) is 19.2. The predicted molar refractivity (Wildman–Crippen MR) is 118 cm³/mol. The van der Waals surface area contributed by atoms with Crippen LogP contribution >= 0.6 is 11.3 Å². The highest BCUT2D eigenvalue weighted by Crippen LogP contribution is 2.31. The summed E-state index contributed by atoms with van der Waals surface area (Å²) in [7, 11) is -0.0313. The number of ether oxygens (including phenoxy) is 1. The predicted octanol–water partition coefficient (Wildman–Crippen LogP) is 4.25. The van der Waals surface area contributed by atoms with Crippen molar-refractivity contribution >= 4 is 35.3 Å². The molecule has 0 amide bonds. The van der Waals surface area contributed by atoms with E-state index in [0.717, 1.165) is 44.1 Å². The molecule has 1 aliphatic heterocycles. The molecular formula is C23H27NO2SSi. The molecule has 1 aliphatic rings. The third kappa shape index (κ3) is 4.33. The monoisotopic (exact) mass is 409 g/mol. The number of hydrogen-bond acceptors (Lipinski definition) is 4. The first-order valence-electron chi connectivity index (χ1n) is 10.00. The maximum absolute atomic E-state index is 12.9. The second-order valence-electron chi connectivity index (χ2n) is 7.70. The summed E-state index contributed by atoms with van der Waals surface area (Å²) in [4.78, 5) is 2.53. The molecule has 0 atom stereocenters. The second-order valence-corrected chi connectivity index (χ2v) is 10.4. The van der Waals surface area contributed by atoms with E-state index in [4.69, 9.17) is 4.74 Å². The minimum Gasteiger partial charge on any atom is -0.382 e. The number of nitrogens with zero attached hydrogens (tertiary/aromatic N) is 1. The van der Waals surface area contributed by atoms with Gasteiger partial charge in [-0.15, -0.1) is 11.3 Å². The molecule has 1 fully saturated rings. The molecule has 3 aromatic rings. The Bertz CT molecular complexity index is 932. The van der Waals surface area contributed by atoms with Gasteiger partial charge in [-0.1, -0.05) is 48.5 Å². The Morgan fingerprint density at radius 2 is 1.79 bits per heavy atom. The fraction of sp³-hybridized carbons (Fsp3) is 0.391. The highest BCUT2D eigenvalue weighted by molar-refractivity contribution is 7.17.